The van der Waals surface area contributed by atoms with Gasteiger partial charge in [-0.3, -0.25) is 9.97 Å². The van der Waals surface area contributed by atoms with E-state index in [4.69, 9.17) is 0 Å². The molecular formula is C22H30F2N4O2. The van der Waals surface area contributed by atoms with Crippen LogP contribution in [-0.4, -0.2) is 48.0 Å². The van der Waals surface area contributed by atoms with Gasteiger partial charge in [0, 0.05) is 24.9 Å². The first kappa shape index (κ1) is 21.4. The molecular weight excluding hydrogens is 390 g/mol. The number of likely N-dealkylation sites (tertiary alicyclic amines) is 1. The highest BCUT2D eigenvalue weighted by atomic mass is 19.1. The Balaban J connectivity index is 1.30. The van der Waals surface area contributed by atoms with Gasteiger partial charge in [0.2, 0.25) is 0 Å². The topological polar surface area (TPSA) is 63.1 Å². The van der Waals surface area contributed by atoms with Gasteiger partial charge in [0.25, 0.3) is 0 Å². The Kier molecular flexibility index (Phi) is 6.48. The van der Waals surface area contributed by atoms with Gasteiger partial charge in [-0.05, 0) is 64.3 Å². The summed E-state index contributed by atoms with van der Waals surface area (Å²) in [5.74, 6) is -1.95. The van der Waals surface area contributed by atoms with Crippen molar-refractivity contribution in [1.29, 1.82) is 0 Å². The number of Topliss-reactive ketones (excluding diaryl/α,β-unsaturated/α-hetero) is 1. The van der Waals surface area contributed by atoms with Crippen molar-refractivity contribution in [2.24, 2.45) is 5.92 Å². The predicted molar refractivity (Wildman–Crippen MR) is 109 cm³/mol. The molecule has 2 unspecified atom stereocenters. The molecule has 30 heavy (non-hydrogen) atoms. The van der Waals surface area contributed by atoms with Gasteiger partial charge in [0.1, 0.15) is 23.5 Å². The quantitative estimate of drug-likeness (QED) is 0.565. The van der Waals surface area contributed by atoms with E-state index in [2.05, 4.69) is 10.2 Å². The molecule has 2 fully saturated rings. The van der Waals surface area contributed by atoms with Gasteiger partial charge in [0.15, 0.2) is 5.78 Å². The summed E-state index contributed by atoms with van der Waals surface area (Å²) in [6.07, 6.45) is 5.34. The molecule has 6 nitrogen and oxygen atoms in total. The van der Waals surface area contributed by atoms with Gasteiger partial charge in [-0.25, -0.2) is 8.78 Å². The van der Waals surface area contributed by atoms with E-state index in [1.807, 2.05) is 11.9 Å². The second-order valence-electron chi connectivity index (χ2n) is 8.61. The van der Waals surface area contributed by atoms with Crippen molar-refractivity contribution in [3.05, 3.63) is 52.0 Å². The minimum Gasteiger partial charge on any atom is -0.608 e. The summed E-state index contributed by atoms with van der Waals surface area (Å²) in [6.45, 7) is 5.05. The maximum Gasteiger partial charge on any atom is 0.168 e. The molecule has 0 aromatic heterocycles. The Morgan fingerprint density at radius 3 is 2.70 bits per heavy atom. The first-order valence-electron chi connectivity index (χ1n) is 10.9. The number of quaternary nitrogens is 1. The SMILES string of the molecule is CC1=C(CCN2CCC(C(=O)c3ccc(F)cc3F)CC2)[NH+]([O-])N2CCCCC2N1. The first-order chi connectivity index (χ1) is 14.4. The summed E-state index contributed by atoms with van der Waals surface area (Å²) in [4.78, 5) is 14.9. The van der Waals surface area contributed by atoms with Crippen LogP contribution in [0.15, 0.2) is 29.6 Å². The zero-order valence-electron chi connectivity index (χ0n) is 17.4. The molecule has 1 aromatic rings. The number of piperidine rings is 2. The zero-order valence-corrected chi connectivity index (χ0v) is 17.4. The minimum atomic E-state index is -0.788. The molecule has 3 heterocycles. The molecule has 0 bridgehead atoms. The van der Waals surface area contributed by atoms with Crippen LogP contribution in [0.25, 0.3) is 0 Å². The number of ketones is 1. The lowest BCUT2D eigenvalue weighted by molar-refractivity contribution is -0.949. The number of benzene rings is 1. The molecule has 0 saturated carbocycles. The molecule has 2 atom stereocenters. The highest BCUT2D eigenvalue weighted by Gasteiger charge is 2.35. The number of nitrogens with one attached hydrogen (secondary N) is 2. The molecule has 0 spiro atoms. The van der Waals surface area contributed by atoms with Crippen LogP contribution in [0.2, 0.25) is 0 Å². The van der Waals surface area contributed by atoms with Crippen molar-refractivity contribution in [2.45, 2.75) is 51.6 Å². The Bertz CT molecular complexity index is 823. The maximum absolute atomic E-state index is 13.9. The van der Waals surface area contributed by atoms with E-state index in [9.17, 15) is 18.8 Å². The van der Waals surface area contributed by atoms with E-state index in [-0.39, 0.29) is 28.6 Å². The van der Waals surface area contributed by atoms with Crippen molar-refractivity contribution in [3.8, 4) is 0 Å². The van der Waals surface area contributed by atoms with Gasteiger partial charge in [-0.15, -0.1) is 5.01 Å². The van der Waals surface area contributed by atoms with Gasteiger partial charge in [-0.2, -0.15) is 0 Å². The molecule has 1 aromatic carbocycles. The number of hydrogen-bond donors (Lipinski definition) is 2. The third-order valence-electron chi connectivity index (χ3n) is 6.69. The van der Waals surface area contributed by atoms with Crippen molar-refractivity contribution in [1.82, 2.24) is 15.2 Å². The monoisotopic (exact) mass is 420 g/mol. The van der Waals surface area contributed by atoms with E-state index < -0.39 is 11.6 Å². The van der Waals surface area contributed by atoms with Gasteiger partial charge >= 0.3 is 0 Å². The molecule has 2 N–H and O–H groups in total. The summed E-state index contributed by atoms with van der Waals surface area (Å²) >= 11 is 0. The predicted octanol–water partition coefficient (Wildman–Crippen LogP) is 2.19. The zero-order chi connectivity index (χ0) is 21.3. The Labute approximate surface area is 176 Å². The van der Waals surface area contributed by atoms with E-state index in [0.717, 1.165) is 69.0 Å². The summed E-state index contributed by atoms with van der Waals surface area (Å²) in [5, 5.41) is 18.5. The van der Waals surface area contributed by atoms with Crippen LogP contribution in [-0.2, 0) is 0 Å². The normalized spacial score (nSPS) is 26.4. The van der Waals surface area contributed by atoms with Crippen molar-refractivity contribution >= 4 is 5.78 Å². The average molecular weight is 421 g/mol. The highest BCUT2D eigenvalue weighted by Crippen LogP contribution is 2.24. The summed E-state index contributed by atoms with van der Waals surface area (Å²) in [6, 6.07) is 3.13. The molecule has 0 amide bonds. The number of carbonyl (C=O) groups is 1. The summed E-state index contributed by atoms with van der Waals surface area (Å²) < 4.78 is 27.0. The van der Waals surface area contributed by atoms with Crippen LogP contribution in [0, 0.1) is 22.8 Å². The number of allylic oxidation sites excluding steroid dienone is 1. The number of hydroxylamine groups is 1. The number of fused-ring (bicyclic) bond motifs is 1. The molecule has 3 aliphatic rings. The first-order valence-corrected chi connectivity index (χ1v) is 10.9. The molecule has 0 aliphatic carbocycles. The molecule has 164 valence electrons. The smallest absolute Gasteiger partial charge is 0.168 e. The number of nitrogens with zero attached hydrogens (tertiary/aromatic N) is 2. The highest BCUT2D eigenvalue weighted by molar-refractivity contribution is 5.98. The number of carbonyl (C=O) groups excluding carboxylic acids is 1. The lowest BCUT2D eigenvalue weighted by Crippen LogP contribution is -3.15. The van der Waals surface area contributed by atoms with Crippen LogP contribution in [0.5, 0.6) is 0 Å². The minimum absolute atomic E-state index is 0.0226. The fourth-order valence-electron chi connectivity index (χ4n) is 4.89. The summed E-state index contributed by atoms with van der Waals surface area (Å²) in [7, 11) is 0. The fourth-order valence-corrected chi connectivity index (χ4v) is 4.89. The van der Waals surface area contributed by atoms with Crippen LogP contribution in [0.4, 0.5) is 8.78 Å². The Morgan fingerprint density at radius 1 is 1.20 bits per heavy atom. The lowest BCUT2D eigenvalue weighted by atomic mass is 9.88. The van der Waals surface area contributed by atoms with Gasteiger partial charge in [0.05, 0.1) is 17.8 Å². The molecule has 8 heteroatoms. The third kappa shape index (κ3) is 4.42. The molecule has 4 rings (SSSR count). The summed E-state index contributed by atoms with van der Waals surface area (Å²) in [5.41, 5.74) is 1.82. The Hall–Kier alpha value is -1.87. The standard InChI is InChI=1S/C22H30F2N4O2/c1-15-20(28(30)27-10-3-2-4-21(27)25-15)9-13-26-11-7-16(8-12-26)22(29)18-6-5-17(23)14-19(18)24/h5-6,14,16,21,25,28H,2-4,7-13H2,1H3. The Morgan fingerprint density at radius 2 is 1.97 bits per heavy atom. The third-order valence-corrected chi connectivity index (χ3v) is 6.69. The van der Waals surface area contributed by atoms with Crippen molar-refractivity contribution in [3.63, 3.8) is 0 Å². The van der Waals surface area contributed by atoms with Crippen LogP contribution in [0.1, 0.15) is 55.8 Å². The van der Waals surface area contributed by atoms with Crippen molar-refractivity contribution < 1.29 is 18.7 Å². The molecule has 2 saturated heterocycles. The van der Waals surface area contributed by atoms with Crippen molar-refractivity contribution in [2.75, 3.05) is 26.2 Å². The molecule has 0 radical (unpaired) electrons. The average Bonchev–Trinajstić information content (AvgIpc) is 2.73. The van der Waals surface area contributed by atoms with Gasteiger partial charge < -0.3 is 15.4 Å². The fraction of sp³-hybridized carbons (Fsp3) is 0.591. The number of hydrogen-bond acceptors (Lipinski definition) is 5. The number of rotatable bonds is 5. The van der Waals surface area contributed by atoms with E-state index >= 15 is 0 Å². The van der Waals surface area contributed by atoms with Crippen LogP contribution >= 0.6 is 0 Å². The second-order valence-corrected chi connectivity index (χ2v) is 8.61. The van der Waals surface area contributed by atoms with Gasteiger partial charge in [-0.1, -0.05) is 0 Å². The van der Waals surface area contributed by atoms with E-state index in [1.165, 1.54) is 6.07 Å². The number of halogens is 2. The maximum atomic E-state index is 13.9. The van der Waals surface area contributed by atoms with Crippen LogP contribution < -0.4 is 10.5 Å². The second kappa shape index (κ2) is 9.09. The lowest BCUT2D eigenvalue weighted by Gasteiger charge is -2.47. The molecule has 3 aliphatic heterocycles. The van der Waals surface area contributed by atoms with E-state index in [1.54, 1.807) is 0 Å². The largest absolute Gasteiger partial charge is 0.608 e. The van der Waals surface area contributed by atoms with Crippen LogP contribution in [0.3, 0.4) is 0 Å². The van der Waals surface area contributed by atoms with E-state index in [0.29, 0.717) is 19.3 Å².